The number of halogens is 2. The molecule has 2 aromatic carbocycles. The van der Waals surface area contributed by atoms with E-state index in [9.17, 15) is 45.1 Å². The molecule has 5 aromatic rings. The normalized spacial score (nSPS) is 14.5. The monoisotopic (exact) mass is 1110 g/mol. The smallest absolute Gasteiger partial charge is 0.370 e. The average Bonchev–Trinajstić information content (AvgIpc) is 3.98. The van der Waals surface area contributed by atoms with Crippen molar-refractivity contribution >= 4 is 61.0 Å². The number of nitrogen functional groups attached to an aromatic ring is 1. The van der Waals surface area contributed by atoms with Crippen LogP contribution in [0.2, 0.25) is 0 Å². The molecule has 0 atom stereocenters. The number of rotatable bonds is 12. The highest BCUT2D eigenvalue weighted by molar-refractivity contribution is 7.90. The third-order valence-corrected chi connectivity index (χ3v) is 15.2. The molecule has 21 nitrogen and oxygen atoms in total. The van der Waals surface area contributed by atoms with Gasteiger partial charge in [0.15, 0.2) is 5.03 Å². The first-order valence-corrected chi connectivity index (χ1v) is 27.7. The van der Waals surface area contributed by atoms with E-state index in [-0.39, 0.29) is 45.8 Å². The summed E-state index contributed by atoms with van der Waals surface area (Å²) in [5.41, 5.74) is 11.5. The molecule has 7 rings (SSSR count). The molecule has 0 unspecified atom stereocenters. The van der Waals surface area contributed by atoms with Crippen LogP contribution in [0.1, 0.15) is 120 Å². The van der Waals surface area contributed by atoms with Crippen LogP contribution >= 0.6 is 0 Å². The van der Waals surface area contributed by atoms with E-state index in [4.69, 9.17) is 15.2 Å². The van der Waals surface area contributed by atoms with Crippen LogP contribution in [0.5, 0.6) is 0 Å². The van der Waals surface area contributed by atoms with Crippen LogP contribution < -0.4 is 30.3 Å². The molecule has 2 aliphatic heterocycles. The van der Waals surface area contributed by atoms with Crippen LogP contribution in [0.3, 0.4) is 0 Å². The molecule has 2 fully saturated rings. The lowest BCUT2D eigenvalue weighted by molar-refractivity contribution is -0.613. The Morgan fingerprint density at radius 2 is 1.26 bits per heavy atom. The summed E-state index contributed by atoms with van der Waals surface area (Å²) in [5, 5.41) is 18.2. The number of anilines is 3. The Labute approximate surface area is 449 Å². The second-order valence-corrected chi connectivity index (χ2v) is 23.1. The molecular weight excluding hydrogens is 1040 g/mol. The molecule has 0 bridgehead atoms. The molecule has 5 heterocycles. The summed E-state index contributed by atoms with van der Waals surface area (Å²) < 4.78 is 98.1. The van der Waals surface area contributed by atoms with Gasteiger partial charge >= 0.3 is 16.1 Å². The third kappa shape index (κ3) is 15.6. The van der Waals surface area contributed by atoms with E-state index in [1.807, 2.05) is 51.4 Å². The molecule has 2 saturated heterocycles. The number of hydrogen-bond acceptors (Lipinski definition) is 13. The van der Waals surface area contributed by atoms with Crippen LogP contribution in [0.4, 0.5) is 30.6 Å². The fourth-order valence-corrected chi connectivity index (χ4v) is 10.4. The molecule has 0 spiro atoms. The number of pyridine rings is 1. The zero-order chi connectivity index (χ0) is 57.3. The highest BCUT2D eigenvalue weighted by Crippen LogP contribution is 2.39. The molecule has 77 heavy (non-hydrogen) atoms. The van der Waals surface area contributed by atoms with Gasteiger partial charge in [0.1, 0.15) is 27.9 Å². The Morgan fingerprint density at radius 1 is 0.766 bits per heavy atom. The van der Waals surface area contributed by atoms with Crippen LogP contribution in [0.25, 0.3) is 0 Å². The van der Waals surface area contributed by atoms with Gasteiger partial charge in [-0.2, -0.15) is 21.9 Å². The van der Waals surface area contributed by atoms with Gasteiger partial charge in [-0.25, -0.2) is 22.9 Å². The Bertz CT molecular complexity index is 3160. The van der Waals surface area contributed by atoms with Gasteiger partial charge in [-0.1, -0.05) is 27.7 Å². The standard InChI is InChI=1S/C22H30FN5O5S.C16H21N5O4S.C14H20FNO/c1-13(2)16-10-15(23)11-17(14-6-8-33-9-7-14)20(16)24-22(30)26-34(31,32)19-12-18(28(5)25-19)21(29)27(3)4;1-18(2)12-6-8-21(9-7-12)16(23)17-26(24,25)13-10-14(20(5)11-13)15(22)19(3)4;1-9(2)12-7-11(15)8-13(14(12)16)10-3-5-17-6-4-10/h10-14H,6-9H2,1-5H3,(H2,24,26,30);6-11H,1-5H3;7-10H,3-6,16H2,1-2H3. The van der Waals surface area contributed by atoms with Gasteiger partial charge in [0.25, 0.3) is 27.9 Å². The number of nitrogens with two attached hydrogens (primary N) is 1. The van der Waals surface area contributed by atoms with Crippen molar-refractivity contribution in [1.82, 2.24) is 28.9 Å². The van der Waals surface area contributed by atoms with Gasteiger partial charge in [-0.05, 0) is 102 Å². The SMILES string of the molecule is CC(C)c1cc(F)cc(C2CCOCC2)c1N.CC(C)c1cc(F)cc(C2CCOCC2)c1NC(=O)NS(=O)(=O)c1cc(C(=O)N(C)C)n(C)n1.CN(C)C(=O)c1cc(S(=O)(=O)N=C([O-])[n+]2ccc(N(C)C)cc2)cn1C. The van der Waals surface area contributed by atoms with Crippen LogP contribution in [0, 0.1) is 11.6 Å². The van der Waals surface area contributed by atoms with E-state index < -0.39 is 48.8 Å². The molecule has 4 amide bonds. The minimum atomic E-state index is -4.38. The number of carbonyl (C=O) groups is 3. The van der Waals surface area contributed by atoms with Gasteiger partial charge in [0.05, 0.1) is 12.4 Å². The zero-order valence-electron chi connectivity index (χ0n) is 45.6. The topological polar surface area (TPSA) is 260 Å². The number of nitrogens with zero attached hydrogens (tertiary/aromatic N) is 8. The van der Waals surface area contributed by atoms with Crippen LogP contribution in [0.15, 0.2) is 81.4 Å². The minimum absolute atomic E-state index is 0.0377. The highest BCUT2D eigenvalue weighted by Gasteiger charge is 2.29. The van der Waals surface area contributed by atoms with Crippen molar-refractivity contribution in [3.8, 4) is 0 Å². The summed E-state index contributed by atoms with van der Waals surface area (Å²) in [6.45, 7) is 10.3. The molecular formula is C52H71F2N11O10S2. The lowest BCUT2D eigenvalue weighted by Gasteiger charge is -2.27. The van der Waals surface area contributed by atoms with Crippen molar-refractivity contribution in [2.24, 2.45) is 18.5 Å². The summed E-state index contributed by atoms with van der Waals surface area (Å²) in [7, 11) is 4.23. The lowest BCUT2D eigenvalue weighted by Crippen LogP contribution is -2.50. The van der Waals surface area contributed by atoms with E-state index in [0.717, 1.165) is 63.9 Å². The molecule has 420 valence electrons. The molecule has 3 aromatic heterocycles. The fraction of sp³-hybridized carbons (Fsp3) is 0.462. The first-order valence-electron chi connectivity index (χ1n) is 24.8. The quantitative estimate of drug-likeness (QED) is 0.0625. The van der Waals surface area contributed by atoms with E-state index in [0.29, 0.717) is 48.8 Å². The number of ether oxygens (including phenoxy) is 2. The second kappa shape index (κ2) is 25.9. The van der Waals surface area contributed by atoms with E-state index in [1.54, 1.807) is 45.4 Å². The van der Waals surface area contributed by atoms with Crippen molar-refractivity contribution < 1.29 is 59.1 Å². The van der Waals surface area contributed by atoms with Crippen molar-refractivity contribution in [2.45, 2.75) is 87.0 Å². The Balaban J connectivity index is 0.000000225. The molecule has 0 saturated carbocycles. The maximum atomic E-state index is 14.4. The minimum Gasteiger partial charge on any atom is -0.806 e. The summed E-state index contributed by atoms with van der Waals surface area (Å²) in [5.74, 6) is -0.953. The first-order chi connectivity index (χ1) is 36.0. The van der Waals surface area contributed by atoms with Crippen molar-refractivity contribution in [3.63, 3.8) is 0 Å². The maximum Gasteiger partial charge on any atom is 0.370 e. The molecule has 0 aliphatic carbocycles. The van der Waals surface area contributed by atoms with Crippen molar-refractivity contribution in [2.75, 3.05) is 84.7 Å². The Kier molecular flexibility index (Phi) is 20.5. The number of aryl methyl sites for hydroxylation is 2. The van der Waals surface area contributed by atoms with Crippen molar-refractivity contribution in [3.05, 3.63) is 112 Å². The number of nitrogens with one attached hydrogen (secondary N) is 2. The zero-order valence-corrected chi connectivity index (χ0v) is 47.3. The number of carbonyl (C=O) groups excluding carboxylic acids is 3. The molecule has 4 N–H and O–H groups in total. The Morgan fingerprint density at radius 3 is 1.77 bits per heavy atom. The van der Waals surface area contributed by atoms with Crippen molar-refractivity contribution in [1.29, 1.82) is 0 Å². The largest absolute Gasteiger partial charge is 0.806 e. The predicted octanol–water partition coefficient (Wildman–Crippen LogP) is 5.25. The Hall–Kier alpha value is -6.96. The third-order valence-electron chi connectivity index (χ3n) is 12.8. The van der Waals surface area contributed by atoms with Gasteiger partial charge < -0.3 is 44.9 Å². The van der Waals surface area contributed by atoms with E-state index in [1.165, 1.54) is 72.3 Å². The van der Waals surface area contributed by atoms with E-state index in [2.05, 4.69) is 14.8 Å². The van der Waals surface area contributed by atoms with E-state index >= 15 is 0 Å². The number of aromatic nitrogens is 4. The predicted molar refractivity (Wildman–Crippen MR) is 286 cm³/mol. The molecule has 2 aliphatic rings. The van der Waals surface area contributed by atoms with Gasteiger partial charge in [0.2, 0.25) is 0 Å². The van der Waals surface area contributed by atoms with Crippen LogP contribution in [-0.2, 0) is 43.6 Å². The highest BCUT2D eigenvalue weighted by atomic mass is 32.2. The van der Waals surface area contributed by atoms with Crippen LogP contribution in [-0.4, -0.2) is 134 Å². The summed E-state index contributed by atoms with van der Waals surface area (Å²) in [6.07, 6.45) is 7.31. The number of hydrogen-bond donors (Lipinski definition) is 3. The van der Waals surface area contributed by atoms with Gasteiger partial charge in [0, 0.05) is 129 Å². The fourth-order valence-electron chi connectivity index (χ4n) is 8.54. The molecule has 0 radical (unpaired) electrons. The first kappa shape index (κ1) is 60.9. The summed E-state index contributed by atoms with van der Waals surface area (Å²) in [4.78, 5) is 41.3. The van der Waals surface area contributed by atoms with Gasteiger partial charge in [-0.3, -0.25) is 14.3 Å². The second-order valence-electron chi connectivity index (χ2n) is 19.9. The maximum absolute atomic E-state index is 14.4. The van der Waals surface area contributed by atoms with Gasteiger partial charge in [-0.15, -0.1) is 0 Å². The number of benzene rings is 2. The average molecular weight is 1110 g/mol. The summed E-state index contributed by atoms with van der Waals surface area (Å²) >= 11 is 0. The number of sulfonamides is 2. The number of amides is 4. The molecule has 25 heteroatoms. The number of urea groups is 1. The summed E-state index contributed by atoms with van der Waals surface area (Å²) in [6, 6.07) is 9.55. The lowest BCUT2D eigenvalue weighted by atomic mass is 9.86.